The van der Waals surface area contributed by atoms with Crippen LogP contribution in [0.1, 0.15) is 29.0 Å². The van der Waals surface area contributed by atoms with Gasteiger partial charge in [0.2, 0.25) is 4.47 Å². The topological polar surface area (TPSA) is 35.0 Å². The number of aromatic nitrogens is 2. The van der Waals surface area contributed by atoms with E-state index in [1.165, 1.54) is 41.7 Å². The Bertz CT molecular complexity index is 556. The van der Waals surface area contributed by atoms with E-state index in [0.717, 1.165) is 17.2 Å². The maximum Gasteiger partial charge on any atom is 0.207 e. The summed E-state index contributed by atoms with van der Waals surface area (Å²) in [6, 6.07) is 6.36. The third-order valence-electron chi connectivity index (χ3n) is 3.12. The Labute approximate surface area is 115 Å². The van der Waals surface area contributed by atoms with Crippen molar-refractivity contribution < 1.29 is 4.74 Å². The van der Waals surface area contributed by atoms with Crippen LogP contribution in [-0.4, -0.2) is 10.2 Å². The van der Waals surface area contributed by atoms with E-state index < -0.39 is 0 Å². The standard InChI is InChI=1S/C13H13ClN2OS/c14-13-16-15-12(18-13)8-17-11-6-5-9-3-1-2-4-10(9)7-11/h5-7H,1-4,8H2. The SMILES string of the molecule is Clc1nnc(COc2ccc3c(c2)CCCC3)s1. The molecule has 3 rings (SSSR count). The molecule has 0 atom stereocenters. The van der Waals surface area contributed by atoms with Crippen molar-refractivity contribution in [3.05, 3.63) is 38.8 Å². The van der Waals surface area contributed by atoms with Gasteiger partial charge in [-0.25, -0.2) is 0 Å². The molecule has 0 saturated carbocycles. The Kier molecular flexibility index (Phi) is 3.48. The van der Waals surface area contributed by atoms with Crippen LogP contribution in [0.2, 0.25) is 4.47 Å². The number of benzene rings is 1. The Morgan fingerprint density at radius 2 is 2.00 bits per heavy atom. The Hall–Kier alpha value is -1.13. The average molecular weight is 281 g/mol. The van der Waals surface area contributed by atoms with E-state index in [4.69, 9.17) is 16.3 Å². The summed E-state index contributed by atoms with van der Waals surface area (Å²) in [6.45, 7) is 0.434. The van der Waals surface area contributed by atoms with Crippen LogP contribution in [-0.2, 0) is 19.4 Å². The molecular weight excluding hydrogens is 268 g/mol. The fourth-order valence-electron chi connectivity index (χ4n) is 2.24. The zero-order chi connectivity index (χ0) is 12.4. The van der Waals surface area contributed by atoms with Crippen molar-refractivity contribution in [3.8, 4) is 5.75 Å². The van der Waals surface area contributed by atoms with Crippen LogP contribution < -0.4 is 4.74 Å². The Morgan fingerprint density at radius 3 is 2.78 bits per heavy atom. The minimum absolute atomic E-state index is 0.434. The Balaban J connectivity index is 1.69. The van der Waals surface area contributed by atoms with E-state index in [1.807, 2.05) is 6.07 Å². The molecule has 0 aliphatic heterocycles. The highest BCUT2D eigenvalue weighted by molar-refractivity contribution is 7.15. The molecule has 94 valence electrons. The summed E-state index contributed by atoms with van der Waals surface area (Å²) in [4.78, 5) is 0. The highest BCUT2D eigenvalue weighted by Gasteiger charge is 2.10. The number of hydrogen-bond donors (Lipinski definition) is 0. The van der Waals surface area contributed by atoms with E-state index in [1.54, 1.807) is 0 Å². The van der Waals surface area contributed by atoms with Crippen LogP contribution in [0.25, 0.3) is 0 Å². The van der Waals surface area contributed by atoms with Crippen LogP contribution in [0.3, 0.4) is 0 Å². The molecule has 18 heavy (non-hydrogen) atoms. The maximum absolute atomic E-state index is 5.73. The largest absolute Gasteiger partial charge is 0.486 e. The van der Waals surface area contributed by atoms with Gasteiger partial charge in [-0.15, -0.1) is 10.2 Å². The van der Waals surface area contributed by atoms with Gasteiger partial charge in [0.05, 0.1) is 0 Å². The first-order valence-electron chi connectivity index (χ1n) is 6.04. The number of aryl methyl sites for hydroxylation is 2. The molecule has 0 saturated heterocycles. The lowest BCUT2D eigenvalue weighted by Gasteiger charge is -2.16. The van der Waals surface area contributed by atoms with Crippen LogP contribution in [0.4, 0.5) is 0 Å². The molecular formula is C13H13ClN2OS. The van der Waals surface area contributed by atoms with Gasteiger partial charge in [-0.2, -0.15) is 0 Å². The zero-order valence-electron chi connectivity index (χ0n) is 9.86. The first-order chi connectivity index (χ1) is 8.81. The molecule has 3 nitrogen and oxygen atoms in total. The lowest BCUT2D eigenvalue weighted by atomic mass is 9.92. The van der Waals surface area contributed by atoms with Crippen molar-refractivity contribution in [2.24, 2.45) is 0 Å². The summed E-state index contributed by atoms with van der Waals surface area (Å²) in [5.41, 5.74) is 2.89. The molecule has 1 aliphatic carbocycles. The maximum atomic E-state index is 5.73. The van der Waals surface area contributed by atoms with Crippen molar-refractivity contribution in [2.45, 2.75) is 32.3 Å². The number of nitrogens with zero attached hydrogens (tertiary/aromatic N) is 2. The van der Waals surface area contributed by atoms with Crippen LogP contribution in [0.15, 0.2) is 18.2 Å². The second kappa shape index (κ2) is 5.24. The first-order valence-corrected chi connectivity index (χ1v) is 7.23. The lowest BCUT2D eigenvalue weighted by Crippen LogP contribution is -2.03. The van der Waals surface area contributed by atoms with E-state index in [2.05, 4.69) is 22.3 Å². The summed E-state index contributed by atoms with van der Waals surface area (Å²) in [6.07, 6.45) is 4.94. The molecule has 0 amide bonds. The molecule has 0 radical (unpaired) electrons. The van der Waals surface area contributed by atoms with E-state index in [-0.39, 0.29) is 0 Å². The molecule has 1 aromatic heterocycles. The third kappa shape index (κ3) is 2.65. The van der Waals surface area contributed by atoms with Gasteiger partial charge in [0.1, 0.15) is 12.4 Å². The molecule has 5 heteroatoms. The molecule has 0 N–H and O–H groups in total. The van der Waals surface area contributed by atoms with Crippen LogP contribution in [0.5, 0.6) is 5.75 Å². The summed E-state index contributed by atoms with van der Waals surface area (Å²) in [5.74, 6) is 0.905. The van der Waals surface area contributed by atoms with Crippen LogP contribution in [0, 0.1) is 0 Å². The number of hydrogen-bond acceptors (Lipinski definition) is 4. The minimum Gasteiger partial charge on any atom is -0.486 e. The van der Waals surface area contributed by atoms with Gasteiger partial charge >= 0.3 is 0 Å². The zero-order valence-corrected chi connectivity index (χ0v) is 11.4. The van der Waals surface area contributed by atoms with Gasteiger partial charge < -0.3 is 4.74 Å². The monoisotopic (exact) mass is 280 g/mol. The van der Waals surface area contributed by atoms with Gasteiger partial charge in [0.15, 0.2) is 5.01 Å². The molecule has 1 heterocycles. The lowest BCUT2D eigenvalue weighted by molar-refractivity contribution is 0.304. The highest BCUT2D eigenvalue weighted by atomic mass is 35.5. The molecule has 0 unspecified atom stereocenters. The van der Waals surface area contributed by atoms with Gasteiger partial charge in [-0.1, -0.05) is 17.4 Å². The molecule has 2 aromatic rings. The summed E-state index contributed by atoms with van der Waals surface area (Å²) < 4.78 is 6.18. The fraction of sp³-hybridized carbons (Fsp3) is 0.385. The van der Waals surface area contributed by atoms with Crippen LogP contribution >= 0.6 is 22.9 Å². The molecule has 1 aliphatic rings. The third-order valence-corrected chi connectivity index (χ3v) is 4.12. The summed E-state index contributed by atoms with van der Waals surface area (Å²) >= 11 is 7.08. The average Bonchev–Trinajstić information content (AvgIpc) is 2.82. The van der Waals surface area contributed by atoms with Gasteiger partial charge in [-0.3, -0.25) is 0 Å². The molecule has 0 spiro atoms. The quantitative estimate of drug-likeness (QED) is 0.861. The summed E-state index contributed by atoms with van der Waals surface area (Å²) in [5, 5.41) is 8.49. The van der Waals surface area contributed by atoms with Gasteiger partial charge in [-0.05, 0) is 60.5 Å². The number of rotatable bonds is 3. The van der Waals surface area contributed by atoms with Crippen molar-refractivity contribution >= 4 is 22.9 Å². The van der Waals surface area contributed by atoms with E-state index in [9.17, 15) is 0 Å². The second-order valence-corrected chi connectivity index (χ2v) is 6.02. The van der Waals surface area contributed by atoms with Crippen molar-refractivity contribution in [1.29, 1.82) is 0 Å². The van der Waals surface area contributed by atoms with E-state index >= 15 is 0 Å². The highest BCUT2D eigenvalue weighted by Crippen LogP contribution is 2.26. The van der Waals surface area contributed by atoms with Crippen molar-refractivity contribution in [3.63, 3.8) is 0 Å². The van der Waals surface area contributed by atoms with Gasteiger partial charge in [0, 0.05) is 0 Å². The predicted molar refractivity (Wildman–Crippen MR) is 72.3 cm³/mol. The van der Waals surface area contributed by atoms with Crippen molar-refractivity contribution in [2.75, 3.05) is 0 Å². The van der Waals surface area contributed by atoms with Gasteiger partial charge in [0.25, 0.3) is 0 Å². The molecule has 0 fully saturated rings. The van der Waals surface area contributed by atoms with E-state index in [0.29, 0.717) is 11.1 Å². The smallest absolute Gasteiger partial charge is 0.207 e. The number of halogens is 1. The number of fused-ring (bicyclic) bond motifs is 1. The second-order valence-electron chi connectivity index (χ2n) is 4.38. The molecule has 0 bridgehead atoms. The fourth-order valence-corrected chi connectivity index (χ4v) is 3.02. The number of ether oxygens (including phenoxy) is 1. The normalized spacial score (nSPS) is 14.3. The van der Waals surface area contributed by atoms with Crippen molar-refractivity contribution in [1.82, 2.24) is 10.2 Å². The molecule has 1 aromatic carbocycles. The Morgan fingerprint density at radius 1 is 1.17 bits per heavy atom. The minimum atomic E-state index is 0.434. The summed E-state index contributed by atoms with van der Waals surface area (Å²) in [7, 11) is 0. The first kappa shape index (κ1) is 11.9. The predicted octanol–water partition coefficient (Wildman–Crippen LogP) is 3.65.